The van der Waals surface area contributed by atoms with E-state index in [-0.39, 0.29) is 41.4 Å². The standard InChI is InChI=1S/C23H24ClN3O5/c1-13(2)21(28)25-11-14-4-6-18(24)17(8-14)22(29)26-16-5-7-19-15(9-16)10-20(23(30)31)27(19)12-32-3/h4-10,13H,11-12H2,1-3H3,(H,25,28)(H,26,29)(H,30,31). The highest BCUT2D eigenvalue weighted by molar-refractivity contribution is 6.34. The molecule has 9 heteroatoms. The van der Waals surface area contributed by atoms with Crippen LogP contribution >= 0.6 is 11.6 Å². The third-order valence-corrected chi connectivity index (χ3v) is 5.23. The quantitative estimate of drug-likeness (QED) is 0.471. The number of carbonyl (C=O) groups is 3. The number of carbonyl (C=O) groups excluding carboxylic acids is 2. The summed E-state index contributed by atoms with van der Waals surface area (Å²) in [5, 5.41) is 16.0. The first-order valence-corrected chi connectivity index (χ1v) is 10.3. The van der Waals surface area contributed by atoms with Crippen molar-refractivity contribution < 1.29 is 24.2 Å². The molecule has 0 atom stereocenters. The maximum Gasteiger partial charge on any atom is 0.352 e. The van der Waals surface area contributed by atoms with Crippen LogP contribution in [0.25, 0.3) is 10.9 Å². The van der Waals surface area contributed by atoms with Gasteiger partial charge in [-0.2, -0.15) is 0 Å². The van der Waals surface area contributed by atoms with Crippen molar-refractivity contribution in [2.45, 2.75) is 27.1 Å². The second-order valence-electron chi connectivity index (χ2n) is 7.59. The molecule has 2 amide bonds. The zero-order chi connectivity index (χ0) is 23.4. The summed E-state index contributed by atoms with van der Waals surface area (Å²) in [5.41, 5.74) is 2.26. The molecule has 0 unspecified atom stereocenters. The molecule has 0 spiro atoms. The van der Waals surface area contributed by atoms with Crippen LogP contribution in [0.15, 0.2) is 42.5 Å². The van der Waals surface area contributed by atoms with Crippen LogP contribution in [0.1, 0.15) is 40.3 Å². The van der Waals surface area contributed by atoms with Gasteiger partial charge in [0.05, 0.1) is 16.1 Å². The van der Waals surface area contributed by atoms with Gasteiger partial charge in [0.1, 0.15) is 12.4 Å². The number of nitrogens with zero attached hydrogens (tertiary/aromatic N) is 1. The van der Waals surface area contributed by atoms with Crippen molar-refractivity contribution >= 4 is 46.0 Å². The average Bonchev–Trinajstić information content (AvgIpc) is 3.11. The van der Waals surface area contributed by atoms with E-state index in [1.807, 2.05) is 0 Å². The molecule has 0 saturated heterocycles. The van der Waals surface area contributed by atoms with Crippen molar-refractivity contribution in [2.24, 2.45) is 5.92 Å². The minimum Gasteiger partial charge on any atom is -0.477 e. The van der Waals surface area contributed by atoms with Gasteiger partial charge in [0, 0.05) is 30.6 Å². The first kappa shape index (κ1) is 23.3. The number of aromatic carboxylic acids is 1. The number of halogens is 1. The molecule has 3 aromatic rings. The van der Waals surface area contributed by atoms with Crippen LogP contribution in [0.3, 0.4) is 0 Å². The van der Waals surface area contributed by atoms with Gasteiger partial charge < -0.3 is 25.0 Å². The SMILES string of the molecule is COCn1c(C(=O)O)cc2cc(NC(=O)c3cc(CNC(=O)C(C)C)ccc3Cl)ccc21. The Bertz CT molecular complexity index is 1190. The van der Waals surface area contributed by atoms with E-state index in [1.165, 1.54) is 17.7 Å². The number of hydrogen-bond acceptors (Lipinski definition) is 4. The van der Waals surface area contributed by atoms with Crippen molar-refractivity contribution in [2.75, 3.05) is 12.4 Å². The van der Waals surface area contributed by atoms with E-state index in [0.717, 1.165) is 5.56 Å². The average molecular weight is 458 g/mol. The smallest absolute Gasteiger partial charge is 0.352 e. The molecule has 3 rings (SSSR count). The van der Waals surface area contributed by atoms with Crippen molar-refractivity contribution in [3.05, 3.63) is 64.3 Å². The Hall–Kier alpha value is -3.36. The van der Waals surface area contributed by atoms with Gasteiger partial charge >= 0.3 is 5.97 Å². The lowest BCUT2D eigenvalue weighted by molar-refractivity contribution is -0.124. The number of methoxy groups -OCH3 is 1. The molecule has 1 aromatic heterocycles. The van der Waals surface area contributed by atoms with Gasteiger partial charge in [-0.05, 0) is 42.0 Å². The van der Waals surface area contributed by atoms with Crippen molar-refractivity contribution in [1.82, 2.24) is 9.88 Å². The summed E-state index contributed by atoms with van der Waals surface area (Å²) in [6.07, 6.45) is 0. The van der Waals surface area contributed by atoms with E-state index in [9.17, 15) is 19.5 Å². The molecule has 3 N–H and O–H groups in total. The summed E-state index contributed by atoms with van der Waals surface area (Å²) < 4.78 is 6.64. The second kappa shape index (κ2) is 9.84. The Kier molecular flexibility index (Phi) is 7.17. The molecular formula is C23H24ClN3O5. The van der Waals surface area contributed by atoms with E-state index in [4.69, 9.17) is 16.3 Å². The Balaban J connectivity index is 1.83. The van der Waals surface area contributed by atoms with Crippen molar-refractivity contribution in [3.63, 3.8) is 0 Å². The number of benzene rings is 2. The lowest BCUT2D eigenvalue weighted by Gasteiger charge is -2.11. The third-order valence-electron chi connectivity index (χ3n) is 4.90. The number of hydrogen-bond donors (Lipinski definition) is 3. The molecule has 0 bridgehead atoms. The second-order valence-corrected chi connectivity index (χ2v) is 8.00. The molecule has 8 nitrogen and oxygen atoms in total. The number of rotatable bonds is 8. The summed E-state index contributed by atoms with van der Waals surface area (Å²) in [6.45, 7) is 3.98. The first-order chi connectivity index (χ1) is 15.2. The fraction of sp³-hybridized carbons (Fsp3) is 0.261. The van der Waals surface area contributed by atoms with Gasteiger partial charge in [-0.1, -0.05) is 31.5 Å². The summed E-state index contributed by atoms with van der Waals surface area (Å²) in [6, 6.07) is 11.6. The number of amides is 2. The predicted molar refractivity (Wildman–Crippen MR) is 122 cm³/mol. The molecule has 2 aromatic carbocycles. The largest absolute Gasteiger partial charge is 0.477 e. The highest BCUT2D eigenvalue weighted by atomic mass is 35.5. The van der Waals surface area contributed by atoms with Crippen LogP contribution in [0.4, 0.5) is 5.69 Å². The molecule has 0 aliphatic rings. The molecule has 0 aliphatic carbocycles. The summed E-state index contributed by atoms with van der Waals surface area (Å²) in [4.78, 5) is 36.2. The topological polar surface area (TPSA) is 110 Å². The zero-order valence-corrected chi connectivity index (χ0v) is 18.7. The zero-order valence-electron chi connectivity index (χ0n) is 17.9. The molecule has 32 heavy (non-hydrogen) atoms. The van der Waals surface area contributed by atoms with Crippen LogP contribution in [0.2, 0.25) is 5.02 Å². The molecule has 1 heterocycles. The monoisotopic (exact) mass is 457 g/mol. The molecule has 168 valence electrons. The van der Waals surface area contributed by atoms with E-state index in [2.05, 4.69) is 10.6 Å². The minimum absolute atomic E-state index is 0.0830. The number of carboxylic acid groups (broad SMARTS) is 1. The fourth-order valence-corrected chi connectivity index (χ4v) is 3.45. The Morgan fingerprint density at radius 2 is 1.88 bits per heavy atom. The number of carboxylic acids is 1. The summed E-state index contributed by atoms with van der Waals surface area (Å²) in [5.74, 6) is -1.71. The van der Waals surface area contributed by atoms with Crippen LogP contribution in [-0.2, 0) is 22.8 Å². The molecular weight excluding hydrogens is 434 g/mol. The van der Waals surface area contributed by atoms with Crippen LogP contribution in [0.5, 0.6) is 0 Å². The van der Waals surface area contributed by atoms with Crippen molar-refractivity contribution in [1.29, 1.82) is 0 Å². The van der Waals surface area contributed by atoms with E-state index in [1.54, 1.807) is 50.2 Å². The Morgan fingerprint density at radius 1 is 1.12 bits per heavy atom. The maximum absolute atomic E-state index is 12.9. The molecule has 0 aliphatic heterocycles. The number of ether oxygens (including phenoxy) is 1. The molecule has 0 fully saturated rings. The lowest BCUT2D eigenvalue weighted by Crippen LogP contribution is -2.27. The van der Waals surface area contributed by atoms with Gasteiger partial charge in [0.15, 0.2) is 0 Å². The predicted octanol–water partition coefficient (Wildman–Crippen LogP) is 4.12. The Labute approximate surface area is 190 Å². The highest BCUT2D eigenvalue weighted by Crippen LogP contribution is 2.25. The summed E-state index contributed by atoms with van der Waals surface area (Å²) >= 11 is 6.23. The van der Waals surface area contributed by atoms with Gasteiger partial charge in [0.25, 0.3) is 5.91 Å². The van der Waals surface area contributed by atoms with E-state index >= 15 is 0 Å². The Morgan fingerprint density at radius 3 is 2.53 bits per heavy atom. The fourth-order valence-electron chi connectivity index (χ4n) is 3.24. The lowest BCUT2D eigenvalue weighted by atomic mass is 10.1. The van der Waals surface area contributed by atoms with Gasteiger partial charge in [-0.15, -0.1) is 0 Å². The van der Waals surface area contributed by atoms with Crippen LogP contribution in [0, 0.1) is 5.92 Å². The normalized spacial score (nSPS) is 11.0. The number of nitrogens with one attached hydrogen (secondary N) is 2. The van der Waals surface area contributed by atoms with E-state index in [0.29, 0.717) is 16.6 Å². The number of anilines is 1. The first-order valence-electron chi connectivity index (χ1n) is 9.94. The van der Waals surface area contributed by atoms with Crippen LogP contribution < -0.4 is 10.6 Å². The third kappa shape index (κ3) is 5.09. The minimum atomic E-state index is -1.07. The van der Waals surface area contributed by atoms with Crippen LogP contribution in [-0.4, -0.2) is 34.6 Å². The van der Waals surface area contributed by atoms with E-state index < -0.39 is 11.9 Å². The van der Waals surface area contributed by atoms with Gasteiger partial charge in [-0.25, -0.2) is 4.79 Å². The van der Waals surface area contributed by atoms with Gasteiger partial charge in [0.2, 0.25) is 5.91 Å². The number of aromatic nitrogens is 1. The number of fused-ring (bicyclic) bond motifs is 1. The molecule has 0 saturated carbocycles. The van der Waals surface area contributed by atoms with Gasteiger partial charge in [-0.3, -0.25) is 9.59 Å². The molecule has 0 radical (unpaired) electrons. The highest BCUT2D eigenvalue weighted by Gasteiger charge is 2.17. The maximum atomic E-state index is 12.9. The van der Waals surface area contributed by atoms with Crippen molar-refractivity contribution in [3.8, 4) is 0 Å². The summed E-state index contributed by atoms with van der Waals surface area (Å²) in [7, 11) is 1.48.